The number of hydrogen-bond donors (Lipinski definition) is 1. The fraction of sp³-hybridized carbons (Fsp3) is 0.375. The zero-order valence-electron chi connectivity index (χ0n) is 11.9. The van der Waals surface area contributed by atoms with E-state index in [1.54, 1.807) is 0 Å². The fourth-order valence-electron chi connectivity index (χ4n) is 2.50. The molecule has 4 nitrogen and oxygen atoms in total. The Labute approximate surface area is 119 Å². The maximum Gasteiger partial charge on any atom is 0.149 e. The smallest absolute Gasteiger partial charge is 0.149 e. The maximum absolute atomic E-state index is 5.56. The zero-order valence-corrected chi connectivity index (χ0v) is 11.9. The average Bonchev–Trinajstić information content (AvgIpc) is 2.93. The molecule has 3 rings (SSSR count). The molecule has 1 atom stereocenters. The molecule has 0 spiro atoms. The minimum Gasteiger partial charge on any atom is -0.493 e. The van der Waals surface area contributed by atoms with Gasteiger partial charge in [0.2, 0.25) is 0 Å². The summed E-state index contributed by atoms with van der Waals surface area (Å²) < 4.78 is 5.56. The highest BCUT2D eigenvalue weighted by atomic mass is 16.5. The molecule has 0 fully saturated rings. The summed E-state index contributed by atoms with van der Waals surface area (Å²) in [6.45, 7) is 5.75. The lowest BCUT2D eigenvalue weighted by Gasteiger charge is -2.17. The van der Waals surface area contributed by atoms with Crippen LogP contribution in [-0.2, 0) is 6.42 Å². The van der Waals surface area contributed by atoms with E-state index in [1.807, 2.05) is 19.3 Å². The topological polar surface area (TPSA) is 47.0 Å². The third-order valence-electron chi connectivity index (χ3n) is 3.51. The second-order valence-electron chi connectivity index (χ2n) is 5.07. The molecule has 1 aliphatic rings. The molecular formula is C16H19N3O. The summed E-state index contributed by atoms with van der Waals surface area (Å²) in [5, 5.41) is 3.46. The van der Waals surface area contributed by atoms with E-state index in [1.165, 1.54) is 11.1 Å². The predicted octanol–water partition coefficient (Wildman–Crippen LogP) is 2.42. The summed E-state index contributed by atoms with van der Waals surface area (Å²) in [7, 11) is 0. The number of ether oxygens (including phenoxy) is 1. The van der Waals surface area contributed by atoms with Crippen molar-refractivity contribution >= 4 is 0 Å². The van der Waals surface area contributed by atoms with Gasteiger partial charge in [0, 0.05) is 18.8 Å². The van der Waals surface area contributed by atoms with E-state index in [-0.39, 0.29) is 6.04 Å². The first-order chi connectivity index (χ1) is 9.78. The lowest BCUT2D eigenvalue weighted by molar-refractivity contribution is 0.357. The van der Waals surface area contributed by atoms with Gasteiger partial charge in [-0.3, -0.25) is 0 Å². The van der Waals surface area contributed by atoms with Crippen molar-refractivity contribution in [3.05, 3.63) is 53.1 Å². The Balaban J connectivity index is 1.95. The van der Waals surface area contributed by atoms with Crippen molar-refractivity contribution in [3.63, 3.8) is 0 Å². The van der Waals surface area contributed by atoms with Gasteiger partial charge >= 0.3 is 0 Å². The molecular weight excluding hydrogens is 250 g/mol. The summed E-state index contributed by atoms with van der Waals surface area (Å²) in [5.74, 6) is 1.82. The van der Waals surface area contributed by atoms with Crippen LogP contribution in [0.25, 0.3) is 0 Å². The van der Waals surface area contributed by atoms with Crippen LogP contribution in [0.15, 0.2) is 30.6 Å². The Morgan fingerprint density at radius 2 is 2.10 bits per heavy atom. The summed E-state index contributed by atoms with van der Waals surface area (Å²) in [5.41, 5.74) is 3.55. The van der Waals surface area contributed by atoms with Gasteiger partial charge in [-0.05, 0) is 42.3 Å². The van der Waals surface area contributed by atoms with Crippen molar-refractivity contribution < 1.29 is 4.74 Å². The van der Waals surface area contributed by atoms with E-state index in [0.717, 1.165) is 36.7 Å². The van der Waals surface area contributed by atoms with Crippen LogP contribution in [0.3, 0.4) is 0 Å². The summed E-state index contributed by atoms with van der Waals surface area (Å²) in [6.07, 6.45) is 4.71. The van der Waals surface area contributed by atoms with Gasteiger partial charge in [0.15, 0.2) is 0 Å². The Morgan fingerprint density at radius 1 is 1.30 bits per heavy atom. The number of benzene rings is 1. The van der Waals surface area contributed by atoms with Crippen LogP contribution in [0.5, 0.6) is 5.75 Å². The molecule has 1 unspecified atom stereocenters. The third kappa shape index (κ3) is 2.51. The third-order valence-corrected chi connectivity index (χ3v) is 3.51. The van der Waals surface area contributed by atoms with Crippen molar-refractivity contribution in [1.82, 2.24) is 15.3 Å². The van der Waals surface area contributed by atoms with Crippen molar-refractivity contribution in [2.75, 3.05) is 13.2 Å². The second kappa shape index (κ2) is 5.59. The van der Waals surface area contributed by atoms with Gasteiger partial charge in [0.05, 0.1) is 12.6 Å². The number of nitrogens with one attached hydrogen (secondary N) is 1. The van der Waals surface area contributed by atoms with E-state index < -0.39 is 0 Å². The first-order valence-electron chi connectivity index (χ1n) is 7.05. The minimum atomic E-state index is 0.0338. The first kappa shape index (κ1) is 13.1. The van der Waals surface area contributed by atoms with Crippen molar-refractivity contribution in [3.8, 4) is 5.75 Å². The minimum absolute atomic E-state index is 0.0338. The molecule has 0 amide bonds. The SMILES string of the molecule is CCNC(c1ccc2c(c1)CCO2)c1ncc(C)cn1. The molecule has 2 heterocycles. The molecule has 1 N–H and O–H groups in total. The van der Waals surface area contributed by atoms with Crippen LogP contribution in [0.2, 0.25) is 0 Å². The molecule has 1 aromatic carbocycles. The molecule has 1 aliphatic heterocycles. The van der Waals surface area contributed by atoms with Gasteiger partial charge in [-0.2, -0.15) is 0 Å². The van der Waals surface area contributed by atoms with Crippen LogP contribution in [0.1, 0.15) is 35.5 Å². The lowest BCUT2D eigenvalue weighted by atomic mass is 10.0. The number of aromatic nitrogens is 2. The number of fused-ring (bicyclic) bond motifs is 1. The van der Waals surface area contributed by atoms with Gasteiger partial charge in [0.1, 0.15) is 11.6 Å². The van der Waals surface area contributed by atoms with Crippen LogP contribution in [-0.4, -0.2) is 23.1 Å². The van der Waals surface area contributed by atoms with Crippen LogP contribution < -0.4 is 10.1 Å². The van der Waals surface area contributed by atoms with E-state index in [9.17, 15) is 0 Å². The molecule has 4 heteroatoms. The summed E-state index contributed by atoms with van der Waals surface area (Å²) in [6, 6.07) is 6.39. The summed E-state index contributed by atoms with van der Waals surface area (Å²) in [4.78, 5) is 8.92. The average molecular weight is 269 g/mol. The fourth-order valence-corrected chi connectivity index (χ4v) is 2.50. The molecule has 0 saturated heterocycles. The molecule has 20 heavy (non-hydrogen) atoms. The van der Waals surface area contributed by atoms with Gasteiger partial charge in [-0.25, -0.2) is 9.97 Å². The van der Waals surface area contributed by atoms with Crippen molar-refractivity contribution in [2.24, 2.45) is 0 Å². The highest BCUT2D eigenvalue weighted by molar-refractivity contribution is 5.42. The Hall–Kier alpha value is -1.94. The van der Waals surface area contributed by atoms with Gasteiger partial charge in [0.25, 0.3) is 0 Å². The van der Waals surface area contributed by atoms with Crippen molar-refractivity contribution in [1.29, 1.82) is 0 Å². The normalized spacial score (nSPS) is 14.7. The molecule has 0 bridgehead atoms. The number of hydrogen-bond acceptors (Lipinski definition) is 4. The number of rotatable bonds is 4. The number of nitrogens with zero attached hydrogens (tertiary/aromatic N) is 2. The Bertz CT molecular complexity index is 595. The molecule has 0 saturated carbocycles. The monoisotopic (exact) mass is 269 g/mol. The van der Waals surface area contributed by atoms with Gasteiger partial charge in [-0.15, -0.1) is 0 Å². The Morgan fingerprint density at radius 3 is 2.85 bits per heavy atom. The maximum atomic E-state index is 5.56. The molecule has 2 aromatic rings. The van der Waals surface area contributed by atoms with E-state index in [4.69, 9.17) is 4.74 Å². The zero-order chi connectivity index (χ0) is 13.9. The van der Waals surface area contributed by atoms with Crippen molar-refractivity contribution in [2.45, 2.75) is 26.3 Å². The lowest BCUT2D eigenvalue weighted by Crippen LogP contribution is -2.24. The highest BCUT2D eigenvalue weighted by Gasteiger charge is 2.19. The van der Waals surface area contributed by atoms with Gasteiger partial charge < -0.3 is 10.1 Å². The predicted molar refractivity (Wildman–Crippen MR) is 77.9 cm³/mol. The van der Waals surface area contributed by atoms with Crippen LogP contribution in [0, 0.1) is 6.92 Å². The molecule has 0 aliphatic carbocycles. The standard InChI is InChI=1S/C16H19N3O/c1-3-17-15(16-18-9-11(2)10-19-16)13-4-5-14-12(8-13)6-7-20-14/h4-5,8-10,15,17H,3,6-7H2,1-2H3. The van der Waals surface area contributed by atoms with Crippen LogP contribution in [0.4, 0.5) is 0 Å². The number of aryl methyl sites for hydroxylation is 1. The largest absolute Gasteiger partial charge is 0.493 e. The molecule has 0 radical (unpaired) electrons. The quantitative estimate of drug-likeness (QED) is 0.926. The second-order valence-corrected chi connectivity index (χ2v) is 5.07. The van der Waals surface area contributed by atoms with Gasteiger partial charge in [-0.1, -0.05) is 13.0 Å². The summed E-state index contributed by atoms with van der Waals surface area (Å²) >= 11 is 0. The molecule has 1 aromatic heterocycles. The van der Waals surface area contributed by atoms with E-state index in [2.05, 4.69) is 40.4 Å². The van der Waals surface area contributed by atoms with Crippen LogP contribution >= 0.6 is 0 Å². The van der Waals surface area contributed by atoms with E-state index in [0.29, 0.717) is 0 Å². The first-order valence-corrected chi connectivity index (χ1v) is 7.05. The highest BCUT2D eigenvalue weighted by Crippen LogP contribution is 2.29. The Kier molecular flexibility index (Phi) is 3.65. The molecule has 104 valence electrons. The van der Waals surface area contributed by atoms with E-state index >= 15 is 0 Å².